The highest BCUT2D eigenvalue weighted by Gasteiger charge is 2.14. The Morgan fingerprint density at radius 3 is 1.75 bits per heavy atom. The molecule has 2 aromatic heterocycles. The minimum Gasteiger partial charge on any atom is -0.465 e. The van der Waals surface area contributed by atoms with Crippen molar-refractivity contribution in [3.8, 4) is 0 Å². The molecule has 104 valence electrons. The predicted molar refractivity (Wildman–Crippen MR) is 65.7 cm³/mol. The maximum Gasteiger partial charge on any atom is 0.341 e. The number of aromatic nitrogens is 4. The summed E-state index contributed by atoms with van der Waals surface area (Å²) in [5.74, 6) is -1.27. The third kappa shape index (κ3) is 2.41. The lowest BCUT2D eigenvalue weighted by atomic mass is 10.4. The number of carbonyl (C=O) groups is 2. The fraction of sp³-hybridized carbons (Fsp3) is 0.182. The zero-order chi connectivity index (χ0) is 14.7. The lowest BCUT2D eigenvalue weighted by molar-refractivity contribution is 0.0592. The van der Waals surface area contributed by atoms with Crippen molar-refractivity contribution < 1.29 is 19.1 Å². The number of methoxy groups -OCH3 is 2. The van der Waals surface area contributed by atoms with E-state index in [-0.39, 0.29) is 17.1 Å². The normalized spacial score (nSPS) is 10.1. The second-order valence-corrected chi connectivity index (χ2v) is 3.65. The van der Waals surface area contributed by atoms with E-state index in [1.807, 2.05) is 0 Å². The number of nitrogens with zero attached hydrogens (tertiary/aromatic N) is 4. The standard InChI is InChI=1S/C11H11N5O4/c1-19-9(17)7-3-13-15(5-7)11(12)16-6-8(4-14-16)10(18)20-2/h3-6,12H,1-2H3. The number of hydrogen-bond acceptors (Lipinski definition) is 7. The minimum absolute atomic E-state index is 0.157. The van der Waals surface area contributed by atoms with Crippen LogP contribution in [0.3, 0.4) is 0 Å². The van der Waals surface area contributed by atoms with Gasteiger partial charge in [-0.3, -0.25) is 5.41 Å². The van der Waals surface area contributed by atoms with Crippen molar-refractivity contribution in [1.82, 2.24) is 19.6 Å². The van der Waals surface area contributed by atoms with Crippen molar-refractivity contribution in [2.24, 2.45) is 0 Å². The average Bonchev–Trinajstić information content (AvgIpc) is 3.13. The fourth-order valence-corrected chi connectivity index (χ4v) is 1.43. The first-order valence-corrected chi connectivity index (χ1v) is 5.42. The van der Waals surface area contributed by atoms with Gasteiger partial charge < -0.3 is 9.47 Å². The summed E-state index contributed by atoms with van der Waals surface area (Å²) < 4.78 is 11.3. The molecular weight excluding hydrogens is 266 g/mol. The van der Waals surface area contributed by atoms with E-state index in [1.54, 1.807) is 0 Å². The molecule has 0 aliphatic heterocycles. The van der Waals surface area contributed by atoms with E-state index in [4.69, 9.17) is 5.41 Å². The number of esters is 2. The van der Waals surface area contributed by atoms with Crippen LogP contribution in [0.25, 0.3) is 0 Å². The SMILES string of the molecule is COC(=O)c1cnn(C(=N)n2cc(C(=O)OC)cn2)c1. The van der Waals surface area contributed by atoms with Gasteiger partial charge in [0.2, 0.25) is 5.96 Å². The summed E-state index contributed by atoms with van der Waals surface area (Å²) in [5, 5.41) is 15.6. The van der Waals surface area contributed by atoms with Gasteiger partial charge >= 0.3 is 11.9 Å². The van der Waals surface area contributed by atoms with Crippen molar-refractivity contribution in [3.05, 3.63) is 35.9 Å². The van der Waals surface area contributed by atoms with Gasteiger partial charge in [0, 0.05) is 12.4 Å². The van der Waals surface area contributed by atoms with E-state index in [1.165, 1.54) is 39.0 Å². The molecular formula is C11H11N5O4. The number of nitrogens with one attached hydrogen (secondary N) is 1. The molecule has 0 saturated heterocycles. The van der Waals surface area contributed by atoms with Gasteiger partial charge in [0.25, 0.3) is 0 Å². The summed E-state index contributed by atoms with van der Waals surface area (Å²) >= 11 is 0. The largest absolute Gasteiger partial charge is 0.465 e. The molecule has 0 spiro atoms. The van der Waals surface area contributed by atoms with E-state index in [9.17, 15) is 9.59 Å². The first-order valence-electron chi connectivity index (χ1n) is 5.42. The molecule has 0 unspecified atom stereocenters. The van der Waals surface area contributed by atoms with Crippen LogP contribution >= 0.6 is 0 Å². The first kappa shape index (κ1) is 13.5. The van der Waals surface area contributed by atoms with Gasteiger partial charge in [-0.2, -0.15) is 10.2 Å². The van der Waals surface area contributed by atoms with Crippen LogP contribution in [0.4, 0.5) is 0 Å². The van der Waals surface area contributed by atoms with Crippen molar-refractivity contribution in [2.75, 3.05) is 14.2 Å². The monoisotopic (exact) mass is 277 g/mol. The Hall–Kier alpha value is -2.97. The number of rotatable bonds is 2. The zero-order valence-electron chi connectivity index (χ0n) is 10.7. The maximum absolute atomic E-state index is 11.3. The van der Waals surface area contributed by atoms with Crippen LogP contribution in [0.1, 0.15) is 20.7 Å². The van der Waals surface area contributed by atoms with E-state index in [0.717, 1.165) is 9.36 Å². The minimum atomic E-state index is -0.556. The van der Waals surface area contributed by atoms with Gasteiger partial charge in [0.1, 0.15) is 0 Å². The van der Waals surface area contributed by atoms with Crippen molar-refractivity contribution >= 4 is 17.9 Å². The Bertz CT molecular complexity index is 616. The lowest BCUT2D eigenvalue weighted by Gasteiger charge is -2.02. The summed E-state index contributed by atoms with van der Waals surface area (Å²) in [6, 6.07) is 0. The molecule has 2 heterocycles. The molecule has 0 radical (unpaired) electrons. The highest BCUT2D eigenvalue weighted by molar-refractivity contribution is 5.91. The third-order valence-electron chi connectivity index (χ3n) is 2.44. The average molecular weight is 277 g/mol. The van der Waals surface area contributed by atoms with Gasteiger partial charge in [0.15, 0.2) is 0 Å². The highest BCUT2D eigenvalue weighted by Crippen LogP contribution is 2.03. The molecule has 2 aromatic rings. The zero-order valence-corrected chi connectivity index (χ0v) is 10.7. The molecule has 0 aliphatic rings. The molecule has 0 aliphatic carbocycles. The molecule has 0 fully saturated rings. The molecule has 0 bridgehead atoms. The Morgan fingerprint density at radius 1 is 1.00 bits per heavy atom. The van der Waals surface area contributed by atoms with Crippen LogP contribution in [0.2, 0.25) is 0 Å². The van der Waals surface area contributed by atoms with Crippen LogP contribution in [-0.2, 0) is 9.47 Å². The molecule has 20 heavy (non-hydrogen) atoms. The Balaban J connectivity index is 2.23. The molecule has 0 atom stereocenters. The van der Waals surface area contributed by atoms with Crippen molar-refractivity contribution in [1.29, 1.82) is 5.41 Å². The van der Waals surface area contributed by atoms with Gasteiger partial charge in [0.05, 0.1) is 37.7 Å². The summed E-state index contributed by atoms with van der Waals surface area (Å²) in [7, 11) is 2.50. The van der Waals surface area contributed by atoms with Crippen LogP contribution in [0.15, 0.2) is 24.8 Å². The van der Waals surface area contributed by atoms with E-state index >= 15 is 0 Å². The molecule has 0 saturated carbocycles. The van der Waals surface area contributed by atoms with E-state index in [2.05, 4.69) is 19.7 Å². The highest BCUT2D eigenvalue weighted by atomic mass is 16.5. The predicted octanol–water partition coefficient (Wildman–Crippen LogP) is -0.0160. The Morgan fingerprint density at radius 2 is 1.40 bits per heavy atom. The lowest BCUT2D eigenvalue weighted by Crippen LogP contribution is -2.21. The van der Waals surface area contributed by atoms with Crippen LogP contribution in [0.5, 0.6) is 0 Å². The van der Waals surface area contributed by atoms with Gasteiger partial charge in [-0.05, 0) is 0 Å². The Kier molecular flexibility index (Phi) is 3.60. The van der Waals surface area contributed by atoms with E-state index < -0.39 is 11.9 Å². The maximum atomic E-state index is 11.3. The summed E-state index contributed by atoms with van der Waals surface area (Å²) in [4.78, 5) is 22.6. The van der Waals surface area contributed by atoms with Crippen molar-refractivity contribution in [3.63, 3.8) is 0 Å². The number of ether oxygens (including phenoxy) is 2. The topological polar surface area (TPSA) is 112 Å². The van der Waals surface area contributed by atoms with Crippen molar-refractivity contribution in [2.45, 2.75) is 0 Å². The fourth-order valence-electron chi connectivity index (χ4n) is 1.43. The van der Waals surface area contributed by atoms with Crippen LogP contribution in [0, 0.1) is 5.41 Å². The van der Waals surface area contributed by atoms with Crippen LogP contribution < -0.4 is 0 Å². The Labute approximate surface area is 113 Å². The van der Waals surface area contributed by atoms with E-state index in [0.29, 0.717) is 0 Å². The molecule has 0 amide bonds. The number of carbonyl (C=O) groups excluding carboxylic acids is 2. The summed E-state index contributed by atoms with van der Waals surface area (Å²) in [5.41, 5.74) is 0.412. The molecule has 9 nitrogen and oxygen atoms in total. The van der Waals surface area contributed by atoms with Crippen LogP contribution in [-0.4, -0.2) is 51.7 Å². The summed E-state index contributed by atoms with van der Waals surface area (Å²) in [6.07, 6.45) is 5.19. The molecule has 9 heteroatoms. The van der Waals surface area contributed by atoms with Gasteiger partial charge in [-0.15, -0.1) is 0 Å². The van der Waals surface area contributed by atoms with Gasteiger partial charge in [-0.1, -0.05) is 0 Å². The second-order valence-electron chi connectivity index (χ2n) is 3.65. The first-order chi connectivity index (χ1) is 9.56. The van der Waals surface area contributed by atoms with Gasteiger partial charge in [-0.25, -0.2) is 19.0 Å². The smallest absolute Gasteiger partial charge is 0.341 e. The summed E-state index contributed by atoms with van der Waals surface area (Å²) in [6.45, 7) is 0. The quantitative estimate of drug-likeness (QED) is 0.469. The number of hydrogen-bond donors (Lipinski definition) is 1. The third-order valence-corrected chi connectivity index (χ3v) is 2.44. The second kappa shape index (κ2) is 5.34. The molecule has 2 rings (SSSR count). The molecule has 1 N–H and O–H groups in total. The molecule has 0 aromatic carbocycles.